The van der Waals surface area contributed by atoms with Gasteiger partial charge in [-0.2, -0.15) is 0 Å². The maximum Gasteiger partial charge on any atom is 0.307 e. The van der Waals surface area contributed by atoms with E-state index >= 15 is 0 Å². The lowest BCUT2D eigenvalue weighted by molar-refractivity contribution is -0.141. The van der Waals surface area contributed by atoms with Gasteiger partial charge in [0.05, 0.1) is 13.5 Å². The third-order valence-corrected chi connectivity index (χ3v) is 2.61. The molecule has 5 nitrogen and oxygen atoms in total. The highest BCUT2D eigenvalue weighted by atomic mass is 16.5. The number of esters is 1. The molecule has 0 aromatic heterocycles. The van der Waals surface area contributed by atoms with Crippen LogP contribution in [0.4, 0.5) is 0 Å². The highest BCUT2D eigenvalue weighted by Crippen LogP contribution is 2.07. The number of benzene rings is 1. The lowest BCUT2D eigenvalue weighted by Crippen LogP contribution is -2.39. The number of hydrogen-bond acceptors (Lipinski definition) is 4. The second kappa shape index (κ2) is 8.13. The molecule has 0 aliphatic carbocycles. The Bertz CT molecular complexity index is 405. The molecule has 19 heavy (non-hydrogen) atoms. The summed E-state index contributed by atoms with van der Waals surface area (Å²) in [6.45, 7) is 1.83. The molecule has 0 heterocycles. The number of amides is 1. The van der Waals surface area contributed by atoms with E-state index < -0.39 is 0 Å². The van der Waals surface area contributed by atoms with Crippen LogP contribution in [-0.4, -0.2) is 31.6 Å². The fraction of sp³-hybridized carbons (Fsp3) is 0.429. The molecule has 1 amide bonds. The van der Waals surface area contributed by atoms with Crippen molar-refractivity contribution in [2.45, 2.75) is 25.8 Å². The zero-order chi connectivity index (χ0) is 14.1. The molecular formula is C14H19NO4. The molecule has 0 radical (unpaired) electrons. The van der Waals surface area contributed by atoms with Gasteiger partial charge >= 0.3 is 5.97 Å². The first-order valence-corrected chi connectivity index (χ1v) is 6.19. The highest BCUT2D eigenvalue weighted by molar-refractivity contribution is 5.79. The fourth-order valence-corrected chi connectivity index (χ4v) is 1.52. The molecule has 0 saturated carbocycles. The predicted molar refractivity (Wildman–Crippen MR) is 70.8 cm³/mol. The van der Waals surface area contributed by atoms with Crippen LogP contribution in [0.3, 0.4) is 0 Å². The van der Waals surface area contributed by atoms with Gasteiger partial charge in [-0.25, -0.2) is 0 Å². The number of carbonyl (C=O) groups is 2. The van der Waals surface area contributed by atoms with Crippen molar-refractivity contribution in [2.75, 3.05) is 13.7 Å². The molecule has 1 atom stereocenters. The number of methoxy groups -OCH3 is 1. The van der Waals surface area contributed by atoms with Crippen LogP contribution in [0.2, 0.25) is 0 Å². The molecule has 1 N–H and O–H groups in total. The van der Waals surface area contributed by atoms with Gasteiger partial charge in [0.2, 0.25) is 0 Å². The summed E-state index contributed by atoms with van der Waals surface area (Å²) in [7, 11) is 1.33. The number of carbonyl (C=O) groups excluding carboxylic acids is 2. The van der Waals surface area contributed by atoms with Crippen molar-refractivity contribution >= 4 is 11.9 Å². The van der Waals surface area contributed by atoms with E-state index in [2.05, 4.69) is 10.1 Å². The van der Waals surface area contributed by atoms with E-state index in [-0.39, 0.29) is 30.9 Å². The Morgan fingerprint density at radius 1 is 1.26 bits per heavy atom. The van der Waals surface area contributed by atoms with Gasteiger partial charge in [0.25, 0.3) is 5.91 Å². The van der Waals surface area contributed by atoms with E-state index in [1.807, 2.05) is 25.1 Å². The van der Waals surface area contributed by atoms with E-state index in [1.165, 1.54) is 7.11 Å². The second-order valence-corrected chi connectivity index (χ2v) is 4.05. The van der Waals surface area contributed by atoms with Gasteiger partial charge in [0.1, 0.15) is 5.75 Å². The zero-order valence-corrected chi connectivity index (χ0v) is 11.2. The average Bonchev–Trinajstić information content (AvgIpc) is 2.45. The largest absolute Gasteiger partial charge is 0.484 e. The molecule has 0 bridgehead atoms. The summed E-state index contributed by atoms with van der Waals surface area (Å²) in [4.78, 5) is 22.8. The van der Waals surface area contributed by atoms with Crippen LogP contribution >= 0.6 is 0 Å². The number of nitrogens with one attached hydrogen (secondary N) is 1. The van der Waals surface area contributed by atoms with Crippen LogP contribution in [0.5, 0.6) is 5.75 Å². The van der Waals surface area contributed by atoms with Gasteiger partial charge in [-0.15, -0.1) is 0 Å². The Balaban J connectivity index is 2.35. The van der Waals surface area contributed by atoms with E-state index in [0.29, 0.717) is 12.2 Å². The molecule has 0 saturated heterocycles. The van der Waals surface area contributed by atoms with Crippen molar-refractivity contribution in [3.63, 3.8) is 0 Å². The van der Waals surface area contributed by atoms with E-state index in [9.17, 15) is 9.59 Å². The first kappa shape index (κ1) is 15.0. The molecule has 0 aliphatic heterocycles. The van der Waals surface area contributed by atoms with Crippen molar-refractivity contribution in [3.8, 4) is 5.75 Å². The van der Waals surface area contributed by atoms with Gasteiger partial charge in [-0.05, 0) is 18.6 Å². The van der Waals surface area contributed by atoms with Crippen molar-refractivity contribution in [1.82, 2.24) is 5.32 Å². The molecule has 1 rings (SSSR count). The van der Waals surface area contributed by atoms with E-state index in [1.54, 1.807) is 12.1 Å². The van der Waals surface area contributed by atoms with Crippen LogP contribution in [0.1, 0.15) is 19.8 Å². The summed E-state index contributed by atoms with van der Waals surface area (Å²) in [6, 6.07) is 8.87. The van der Waals surface area contributed by atoms with Gasteiger partial charge in [0, 0.05) is 6.04 Å². The quantitative estimate of drug-likeness (QED) is 0.759. The second-order valence-electron chi connectivity index (χ2n) is 4.05. The molecule has 104 valence electrons. The highest BCUT2D eigenvalue weighted by Gasteiger charge is 2.15. The molecule has 1 aromatic carbocycles. The molecule has 0 spiro atoms. The SMILES string of the molecule is CCC(CC(=O)OC)NC(=O)COc1ccccc1. The molecule has 0 aliphatic rings. The van der Waals surface area contributed by atoms with Crippen molar-refractivity contribution in [3.05, 3.63) is 30.3 Å². The number of ether oxygens (including phenoxy) is 2. The van der Waals surface area contributed by atoms with Crippen LogP contribution in [0.25, 0.3) is 0 Å². The Morgan fingerprint density at radius 3 is 2.53 bits per heavy atom. The predicted octanol–water partition coefficient (Wildman–Crippen LogP) is 1.52. The van der Waals surface area contributed by atoms with Crippen molar-refractivity contribution < 1.29 is 19.1 Å². The number of hydrogen-bond donors (Lipinski definition) is 1. The Labute approximate surface area is 112 Å². The number of para-hydroxylation sites is 1. The Kier molecular flexibility index (Phi) is 6.43. The summed E-state index contributed by atoms with van der Waals surface area (Å²) in [5.41, 5.74) is 0. The monoisotopic (exact) mass is 265 g/mol. The van der Waals surface area contributed by atoms with Gasteiger partial charge in [-0.3, -0.25) is 9.59 Å². The van der Waals surface area contributed by atoms with Crippen molar-refractivity contribution in [2.24, 2.45) is 0 Å². The smallest absolute Gasteiger partial charge is 0.307 e. The lowest BCUT2D eigenvalue weighted by atomic mass is 10.1. The van der Waals surface area contributed by atoms with Gasteiger partial charge in [0.15, 0.2) is 6.61 Å². The molecule has 1 aromatic rings. The summed E-state index contributed by atoms with van der Waals surface area (Å²) in [5, 5.41) is 2.74. The van der Waals surface area contributed by atoms with Crippen LogP contribution in [0.15, 0.2) is 30.3 Å². The fourth-order valence-electron chi connectivity index (χ4n) is 1.52. The summed E-state index contributed by atoms with van der Waals surface area (Å²) in [6.07, 6.45) is 0.830. The summed E-state index contributed by atoms with van der Waals surface area (Å²) >= 11 is 0. The number of rotatable bonds is 7. The van der Waals surface area contributed by atoms with E-state index in [0.717, 1.165) is 0 Å². The Hall–Kier alpha value is -2.04. The Morgan fingerprint density at radius 2 is 1.95 bits per heavy atom. The standard InChI is InChI=1S/C14H19NO4/c1-3-11(9-14(17)18-2)15-13(16)10-19-12-7-5-4-6-8-12/h4-8,11H,3,9-10H2,1-2H3,(H,15,16). The normalized spacial score (nSPS) is 11.5. The van der Waals surface area contributed by atoms with Crippen molar-refractivity contribution in [1.29, 1.82) is 0 Å². The first-order chi connectivity index (χ1) is 9.15. The van der Waals surface area contributed by atoms with E-state index in [4.69, 9.17) is 4.74 Å². The topological polar surface area (TPSA) is 64.6 Å². The minimum Gasteiger partial charge on any atom is -0.484 e. The third-order valence-electron chi connectivity index (χ3n) is 2.61. The molecule has 0 fully saturated rings. The first-order valence-electron chi connectivity index (χ1n) is 6.19. The third kappa shape index (κ3) is 5.90. The van der Waals surface area contributed by atoms with Gasteiger partial charge in [-0.1, -0.05) is 25.1 Å². The minimum absolute atomic E-state index is 0.0678. The van der Waals surface area contributed by atoms with Crippen LogP contribution in [0, 0.1) is 0 Å². The minimum atomic E-state index is -0.337. The molecule has 1 unspecified atom stereocenters. The van der Waals surface area contributed by atoms with Crippen LogP contribution < -0.4 is 10.1 Å². The maximum atomic E-state index is 11.7. The lowest BCUT2D eigenvalue weighted by Gasteiger charge is -2.15. The molecule has 5 heteroatoms. The zero-order valence-electron chi connectivity index (χ0n) is 11.2. The summed E-state index contributed by atoms with van der Waals surface area (Å²) < 4.78 is 9.89. The maximum absolute atomic E-state index is 11.7. The van der Waals surface area contributed by atoms with Gasteiger partial charge < -0.3 is 14.8 Å². The van der Waals surface area contributed by atoms with Crippen LogP contribution in [-0.2, 0) is 14.3 Å². The average molecular weight is 265 g/mol. The molecular weight excluding hydrogens is 246 g/mol. The summed E-state index contributed by atoms with van der Waals surface area (Å²) in [5.74, 6) is 0.0504.